The summed E-state index contributed by atoms with van der Waals surface area (Å²) in [6.07, 6.45) is -0.479. The molecule has 24 heavy (non-hydrogen) atoms. The fraction of sp³-hybridized carbons (Fsp3) is 0.471. The van der Waals surface area contributed by atoms with Crippen LogP contribution in [0.2, 0.25) is 0 Å². The Kier molecular flexibility index (Phi) is 6.45. The maximum Gasteiger partial charge on any atom is 0.326 e. The fourth-order valence-electron chi connectivity index (χ4n) is 2.26. The van der Waals surface area contributed by atoms with Crippen molar-refractivity contribution < 1.29 is 24.0 Å². The van der Waals surface area contributed by atoms with Crippen molar-refractivity contribution in [3.63, 3.8) is 0 Å². The summed E-state index contributed by atoms with van der Waals surface area (Å²) in [4.78, 5) is 40.4. The molecule has 1 unspecified atom stereocenters. The van der Waals surface area contributed by atoms with Crippen molar-refractivity contribution in [2.75, 3.05) is 0 Å². The normalized spacial score (nSPS) is 19.7. The van der Waals surface area contributed by atoms with Gasteiger partial charge < -0.3 is 4.74 Å². The second-order valence-electron chi connectivity index (χ2n) is 5.80. The van der Waals surface area contributed by atoms with Crippen LogP contribution >= 0.6 is 0 Å². The van der Waals surface area contributed by atoms with Crippen LogP contribution in [0.5, 0.6) is 0 Å². The van der Waals surface area contributed by atoms with Gasteiger partial charge in [0, 0.05) is 0 Å². The number of hydrogen-bond donors (Lipinski definition) is 2. The van der Waals surface area contributed by atoms with Crippen molar-refractivity contribution in [2.45, 2.75) is 45.4 Å². The van der Waals surface area contributed by atoms with Crippen LogP contribution in [0, 0.1) is 5.92 Å². The van der Waals surface area contributed by atoms with E-state index in [1.54, 1.807) is 0 Å². The van der Waals surface area contributed by atoms with Crippen molar-refractivity contribution >= 4 is 17.8 Å². The molecule has 1 fully saturated rings. The first-order valence-electron chi connectivity index (χ1n) is 7.96. The summed E-state index contributed by atoms with van der Waals surface area (Å²) in [5.74, 6) is -1.69. The first-order valence-corrected chi connectivity index (χ1v) is 7.96. The molecule has 0 saturated carbocycles. The number of rotatable bonds is 8. The van der Waals surface area contributed by atoms with Crippen LogP contribution in [-0.2, 0) is 30.6 Å². The summed E-state index contributed by atoms with van der Waals surface area (Å²) in [7, 11) is 0. The van der Waals surface area contributed by atoms with E-state index in [4.69, 9.17) is 9.57 Å². The van der Waals surface area contributed by atoms with Crippen LogP contribution in [0.1, 0.15) is 32.3 Å². The monoisotopic (exact) mass is 334 g/mol. The van der Waals surface area contributed by atoms with Crippen LogP contribution in [0.25, 0.3) is 0 Å². The van der Waals surface area contributed by atoms with Gasteiger partial charge in [0.2, 0.25) is 5.91 Å². The molecule has 0 spiro atoms. The topological polar surface area (TPSA) is 93.7 Å². The lowest BCUT2D eigenvalue weighted by Gasteiger charge is -2.23. The van der Waals surface area contributed by atoms with E-state index in [0.717, 1.165) is 12.0 Å². The minimum Gasteiger partial charge on any atom is -0.450 e. The van der Waals surface area contributed by atoms with Gasteiger partial charge in [-0.3, -0.25) is 24.5 Å². The summed E-state index contributed by atoms with van der Waals surface area (Å²) in [6, 6.07) is 8.80. The first-order chi connectivity index (χ1) is 11.5. The molecule has 1 aromatic rings. The molecule has 1 aliphatic heterocycles. The quantitative estimate of drug-likeness (QED) is 0.420. The third-order valence-corrected chi connectivity index (χ3v) is 3.94. The van der Waals surface area contributed by atoms with Gasteiger partial charge in [-0.1, -0.05) is 50.6 Å². The van der Waals surface area contributed by atoms with E-state index in [0.29, 0.717) is 6.61 Å². The molecule has 3 atom stereocenters. The van der Waals surface area contributed by atoms with Crippen LogP contribution in [0.4, 0.5) is 0 Å². The van der Waals surface area contributed by atoms with Gasteiger partial charge in [0.15, 0.2) is 6.10 Å². The largest absolute Gasteiger partial charge is 0.450 e. The van der Waals surface area contributed by atoms with Gasteiger partial charge in [-0.15, -0.1) is 0 Å². The molecular formula is C17H22N2O5. The van der Waals surface area contributed by atoms with Crippen molar-refractivity contribution in [3.05, 3.63) is 35.9 Å². The van der Waals surface area contributed by atoms with Crippen LogP contribution in [-0.4, -0.2) is 29.9 Å². The molecule has 130 valence electrons. The van der Waals surface area contributed by atoms with Crippen molar-refractivity contribution in [2.24, 2.45) is 5.92 Å². The molecule has 7 nitrogen and oxygen atoms in total. The highest BCUT2D eigenvalue weighted by Gasteiger charge is 2.36. The lowest BCUT2D eigenvalue weighted by atomic mass is 10.00. The van der Waals surface area contributed by atoms with Gasteiger partial charge in [-0.2, -0.15) is 5.48 Å². The van der Waals surface area contributed by atoms with E-state index < -0.39 is 29.9 Å². The van der Waals surface area contributed by atoms with E-state index in [9.17, 15) is 14.4 Å². The van der Waals surface area contributed by atoms with Gasteiger partial charge >= 0.3 is 5.97 Å². The molecule has 0 aliphatic carbocycles. The number of nitrogens with one attached hydrogen (secondary N) is 2. The highest BCUT2D eigenvalue weighted by atomic mass is 16.7. The molecule has 0 radical (unpaired) electrons. The van der Waals surface area contributed by atoms with E-state index in [-0.39, 0.29) is 12.3 Å². The highest BCUT2D eigenvalue weighted by molar-refractivity contribution is 6.05. The van der Waals surface area contributed by atoms with E-state index >= 15 is 0 Å². The number of esters is 1. The third-order valence-electron chi connectivity index (χ3n) is 3.94. The molecule has 0 bridgehead atoms. The second kappa shape index (κ2) is 8.56. The van der Waals surface area contributed by atoms with Crippen LogP contribution in [0.3, 0.4) is 0 Å². The zero-order valence-corrected chi connectivity index (χ0v) is 13.8. The molecule has 1 aromatic carbocycles. The van der Waals surface area contributed by atoms with E-state index in [1.807, 2.05) is 44.2 Å². The number of benzene rings is 1. The molecule has 2 rings (SSSR count). The van der Waals surface area contributed by atoms with Gasteiger partial charge in [-0.05, 0) is 11.5 Å². The van der Waals surface area contributed by atoms with Gasteiger partial charge in [-0.25, -0.2) is 0 Å². The number of amides is 2. The summed E-state index contributed by atoms with van der Waals surface area (Å²) in [5.41, 5.74) is 3.69. The zero-order valence-electron chi connectivity index (χ0n) is 13.8. The molecule has 1 heterocycles. The molecule has 1 aliphatic rings. The van der Waals surface area contributed by atoms with E-state index in [2.05, 4.69) is 10.8 Å². The van der Waals surface area contributed by atoms with Gasteiger partial charge in [0.1, 0.15) is 6.04 Å². The molecular weight excluding hydrogens is 312 g/mol. The van der Waals surface area contributed by atoms with Crippen LogP contribution < -0.4 is 10.8 Å². The lowest BCUT2D eigenvalue weighted by Crippen LogP contribution is -2.44. The van der Waals surface area contributed by atoms with Crippen molar-refractivity contribution in [3.8, 4) is 0 Å². The van der Waals surface area contributed by atoms with E-state index in [1.165, 1.54) is 0 Å². The predicted molar refractivity (Wildman–Crippen MR) is 85.3 cm³/mol. The van der Waals surface area contributed by atoms with Gasteiger partial charge in [0.05, 0.1) is 13.0 Å². The smallest absolute Gasteiger partial charge is 0.326 e. The molecule has 1 saturated heterocycles. The van der Waals surface area contributed by atoms with Crippen molar-refractivity contribution in [1.29, 1.82) is 0 Å². The molecule has 2 N–H and O–H groups in total. The molecule has 7 heteroatoms. The average Bonchev–Trinajstić information content (AvgIpc) is 2.89. The lowest BCUT2D eigenvalue weighted by molar-refractivity contribution is -0.162. The Morgan fingerprint density at radius 1 is 1.33 bits per heavy atom. The Hall–Kier alpha value is -2.25. The van der Waals surface area contributed by atoms with Gasteiger partial charge in [0.25, 0.3) is 5.91 Å². The SMILES string of the molecule is CC[C@H](C)[C@H](NOCc1ccccc1)C(=O)OC1CC(=O)NC1=O. The summed E-state index contributed by atoms with van der Waals surface area (Å²) in [5, 5.41) is 2.11. The highest BCUT2D eigenvalue weighted by Crippen LogP contribution is 2.14. The Bertz CT molecular complexity index is 590. The maximum atomic E-state index is 12.3. The Balaban J connectivity index is 1.90. The number of imide groups is 1. The van der Waals surface area contributed by atoms with Crippen molar-refractivity contribution in [1.82, 2.24) is 10.8 Å². The predicted octanol–water partition coefficient (Wildman–Crippen LogP) is 1.08. The average molecular weight is 334 g/mol. The molecule has 2 amide bonds. The number of ether oxygens (including phenoxy) is 1. The number of hydrogen-bond acceptors (Lipinski definition) is 6. The molecule has 0 aromatic heterocycles. The Morgan fingerprint density at radius 2 is 2.04 bits per heavy atom. The fourth-order valence-corrected chi connectivity index (χ4v) is 2.26. The standard InChI is InChI=1S/C17H22N2O5/c1-3-11(2)15(19-23-10-12-7-5-4-6-8-12)17(22)24-13-9-14(20)18-16(13)21/h4-8,11,13,15,19H,3,9-10H2,1-2H3,(H,18,20,21)/t11-,13?,15-/m0/s1. The maximum absolute atomic E-state index is 12.3. The Labute approximate surface area is 140 Å². The Morgan fingerprint density at radius 3 is 2.62 bits per heavy atom. The number of carbonyl (C=O) groups is 3. The number of hydroxylamine groups is 1. The summed E-state index contributed by atoms with van der Waals surface area (Å²) < 4.78 is 5.17. The summed E-state index contributed by atoms with van der Waals surface area (Å²) in [6.45, 7) is 4.11. The minimum atomic E-state index is -1.06. The van der Waals surface area contributed by atoms with Crippen LogP contribution in [0.15, 0.2) is 30.3 Å². The first kappa shape index (κ1) is 18.1. The number of carbonyl (C=O) groups excluding carboxylic acids is 3. The zero-order chi connectivity index (χ0) is 17.5. The second-order valence-corrected chi connectivity index (χ2v) is 5.80. The summed E-state index contributed by atoms with van der Waals surface area (Å²) >= 11 is 0. The third kappa shape index (κ3) is 4.87. The minimum absolute atomic E-state index is 0.0616.